The van der Waals surface area contributed by atoms with Crippen molar-refractivity contribution in [3.63, 3.8) is 0 Å². The van der Waals surface area contributed by atoms with Gasteiger partial charge in [-0.1, -0.05) is 19.4 Å². The molecule has 0 bridgehead atoms. The molecule has 0 rings (SSSR count). The van der Waals surface area contributed by atoms with E-state index in [0.29, 0.717) is 0 Å². The molecule has 74 valence electrons. The van der Waals surface area contributed by atoms with Crippen LogP contribution < -0.4 is 5.32 Å². The van der Waals surface area contributed by atoms with E-state index in [1.807, 2.05) is 6.92 Å². The molecule has 0 saturated heterocycles. The smallest absolute Gasteiger partial charge is 0.354 e. The first kappa shape index (κ1) is 11.7. The van der Waals surface area contributed by atoms with Crippen LogP contribution in [0.15, 0.2) is 11.8 Å². The summed E-state index contributed by atoms with van der Waals surface area (Å²) in [5.41, 5.74) is 0.219. The molecule has 0 unspecified atom stereocenters. The van der Waals surface area contributed by atoms with Gasteiger partial charge in [0, 0.05) is 6.92 Å². The highest BCUT2D eigenvalue weighted by Crippen LogP contribution is 1.98. The van der Waals surface area contributed by atoms with Crippen LogP contribution in [0.2, 0.25) is 0 Å². The SMILES string of the molecule is CCCC=C(NC(C)=O)C(=O)OC. The molecular formula is C9H15NO3. The van der Waals surface area contributed by atoms with Gasteiger partial charge < -0.3 is 10.1 Å². The highest BCUT2D eigenvalue weighted by atomic mass is 16.5. The first-order valence-electron chi connectivity index (χ1n) is 4.17. The largest absolute Gasteiger partial charge is 0.464 e. The summed E-state index contributed by atoms with van der Waals surface area (Å²) in [5.74, 6) is -0.781. The molecule has 0 aromatic heterocycles. The molecule has 13 heavy (non-hydrogen) atoms. The van der Waals surface area contributed by atoms with E-state index >= 15 is 0 Å². The van der Waals surface area contributed by atoms with Gasteiger partial charge in [0.1, 0.15) is 5.70 Å². The summed E-state index contributed by atoms with van der Waals surface area (Å²) in [6.45, 7) is 3.34. The predicted octanol–water partition coefficient (Wildman–Crippen LogP) is 0.979. The number of unbranched alkanes of at least 4 members (excludes halogenated alkanes) is 1. The standard InChI is InChI=1S/C9H15NO3/c1-4-5-6-8(9(12)13-3)10-7(2)11/h6H,4-5H2,1-3H3,(H,10,11). The third-order valence-corrected chi connectivity index (χ3v) is 1.35. The minimum Gasteiger partial charge on any atom is -0.464 e. The first-order valence-corrected chi connectivity index (χ1v) is 4.17. The summed E-state index contributed by atoms with van der Waals surface area (Å²) in [6.07, 6.45) is 3.32. The molecule has 0 fully saturated rings. The number of carbonyl (C=O) groups is 2. The second-order valence-electron chi connectivity index (χ2n) is 2.58. The van der Waals surface area contributed by atoms with Crippen molar-refractivity contribution in [2.24, 2.45) is 0 Å². The van der Waals surface area contributed by atoms with Crippen molar-refractivity contribution in [1.82, 2.24) is 5.32 Å². The zero-order chi connectivity index (χ0) is 10.3. The van der Waals surface area contributed by atoms with Crippen molar-refractivity contribution in [1.29, 1.82) is 0 Å². The molecule has 0 aliphatic carbocycles. The predicted molar refractivity (Wildman–Crippen MR) is 48.8 cm³/mol. The van der Waals surface area contributed by atoms with Gasteiger partial charge in [-0.25, -0.2) is 4.79 Å². The van der Waals surface area contributed by atoms with E-state index in [1.165, 1.54) is 14.0 Å². The fraction of sp³-hybridized carbons (Fsp3) is 0.556. The fourth-order valence-corrected chi connectivity index (χ4v) is 0.774. The maximum atomic E-state index is 11.0. The molecule has 1 amide bonds. The van der Waals surface area contributed by atoms with E-state index < -0.39 is 5.97 Å². The number of amides is 1. The lowest BCUT2D eigenvalue weighted by atomic mass is 10.3. The van der Waals surface area contributed by atoms with Crippen LogP contribution >= 0.6 is 0 Å². The number of methoxy groups -OCH3 is 1. The van der Waals surface area contributed by atoms with E-state index in [4.69, 9.17) is 0 Å². The van der Waals surface area contributed by atoms with Crippen LogP contribution in [0, 0.1) is 0 Å². The number of hydrogen-bond acceptors (Lipinski definition) is 3. The molecule has 0 radical (unpaired) electrons. The number of esters is 1. The minimum absolute atomic E-state index is 0.219. The van der Waals surface area contributed by atoms with E-state index in [-0.39, 0.29) is 11.6 Å². The van der Waals surface area contributed by atoms with Gasteiger partial charge in [-0.2, -0.15) is 0 Å². The Hall–Kier alpha value is -1.32. The summed E-state index contributed by atoms with van der Waals surface area (Å²) < 4.78 is 4.49. The summed E-state index contributed by atoms with van der Waals surface area (Å²) in [5, 5.41) is 2.41. The maximum Gasteiger partial charge on any atom is 0.354 e. The van der Waals surface area contributed by atoms with Crippen LogP contribution in [0.5, 0.6) is 0 Å². The average Bonchev–Trinajstić information content (AvgIpc) is 2.10. The lowest BCUT2D eigenvalue weighted by Gasteiger charge is -2.04. The Morgan fingerprint density at radius 3 is 2.46 bits per heavy atom. The van der Waals surface area contributed by atoms with Crippen LogP contribution in [0.3, 0.4) is 0 Å². The zero-order valence-electron chi connectivity index (χ0n) is 8.22. The van der Waals surface area contributed by atoms with Gasteiger partial charge >= 0.3 is 5.97 Å². The van der Waals surface area contributed by atoms with Gasteiger partial charge in [0.05, 0.1) is 7.11 Å². The number of nitrogens with one attached hydrogen (secondary N) is 1. The molecule has 4 heteroatoms. The van der Waals surface area contributed by atoms with E-state index in [2.05, 4.69) is 10.1 Å². The van der Waals surface area contributed by atoms with E-state index in [9.17, 15) is 9.59 Å². The van der Waals surface area contributed by atoms with Crippen LogP contribution in [-0.4, -0.2) is 19.0 Å². The van der Waals surface area contributed by atoms with Crippen molar-refractivity contribution in [2.45, 2.75) is 26.7 Å². The second kappa shape index (κ2) is 6.22. The molecule has 0 heterocycles. The van der Waals surface area contributed by atoms with Gasteiger partial charge in [0.15, 0.2) is 0 Å². The lowest BCUT2D eigenvalue weighted by molar-refractivity contribution is -0.137. The van der Waals surface area contributed by atoms with Crippen molar-refractivity contribution in [3.8, 4) is 0 Å². The second-order valence-corrected chi connectivity index (χ2v) is 2.58. The molecule has 0 saturated carbocycles. The van der Waals surface area contributed by atoms with Gasteiger partial charge in [-0.15, -0.1) is 0 Å². The molecule has 0 aliphatic rings. The van der Waals surface area contributed by atoms with Gasteiger partial charge in [0.25, 0.3) is 0 Å². The molecule has 0 atom stereocenters. The normalized spacial score (nSPS) is 10.8. The Kier molecular flexibility index (Phi) is 5.59. The number of carbonyl (C=O) groups excluding carboxylic acids is 2. The van der Waals surface area contributed by atoms with E-state index in [1.54, 1.807) is 6.08 Å². The topological polar surface area (TPSA) is 55.4 Å². The number of hydrogen-bond donors (Lipinski definition) is 1. The highest BCUT2D eigenvalue weighted by molar-refractivity contribution is 5.93. The maximum absolute atomic E-state index is 11.0. The molecular weight excluding hydrogens is 170 g/mol. The minimum atomic E-state index is -0.511. The summed E-state index contributed by atoms with van der Waals surface area (Å²) in [7, 11) is 1.28. The van der Waals surface area contributed by atoms with Gasteiger partial charge in [-0.05, 0) is 6.42 Å². The summed E-state index contributed by atoms with van der Waals surface area (Å²) in [4.78, 5) is 21.7. The fourth-order valence-electron chi connectivity index (χ4n) is 0.774. The molecule has 0 aromatic rings. The Morgan fingerprint density at radius 1 is 1.46 bits per heavy atom. The van der Waals surface area contributed by atoms with Crippen molar-refractivity contribution in [2.75, 3.05) is 7.11 Å². The number of rotatable bonds is 4. The summed E-state index contributed by atoms with van der Waals surface area (Å²) in [6, 6.07) is 0. The molecule has 0 spiro atoms. The highest BCUT2D eigenvalue weighted by Gasteiger charge is 2.09. The zero-order valence-corrected chi connectivity index (χ0v) is 8.22. The Morgan fingerprint density at radius 2 is 2.08 bits per heavy atom. The van der Waals surface area contributed by atoms with Crippen LogP contribution in [0.1, 0.15) is 26.7 Å². The quantitative estimate of drug-likeness (QED) is 0.524. The Bertz CT molecular complexity index is 221. The monoisotopic (exact) mass is 185 g/mol. The van der Waals surface area contributed by atoms with Crippen LogP contribution in [0.4, 0.5) is 0 Å². The van der Waals surface area contributed by atoms with Crippen LogP contribution in [0.25, 0.3) is 0 Å². The molecule has 0 aliphatic heterocycles. The number of allylic oxidation sites excluding steroid dienone is 1. The Labute approximate surface area is 78.0 Å². The summed E-state index contributed by atoms with van der Waals surface area (Å²) >= 11 is 0. The third-order valence-electron chi connectivity index (χ3n) is 1.35. The third kappa shape index (κ3) is 5.00. The first-order chi connectivity index (χ1) is 6.11. The Balaban J connectivity index is 4.35. The van der Waals surface area contributed by atoms with Gasteiger partial charge in [-0.3, -0.25) is 4.79 Å². The molecule has 0 aromatic carbocycles. The van der Waals surface area contributed by atoms with Crippen LogP contribution in [-0.2, 0) is 14.3 Å². The van der Waals surface area contributed by atoms with Gasteiger partial charge in [0.2, 0.25) is 5.91 Å². The van der Waals surface area contributed by atoms with Crippen molar-refractivity contribution >= 4 is 11.9 Å². The lowest BCUT2D eigenvalue weighted by Crippen LogP contribution is -2.25. The van der Waals surface area contributed by atoms with Crippen molar-refractivity contribution in [3.05, 3.63) is 11.8 Å². The van der Waals surface area contributed by atoms with E-state index in [0.717, 1.165) is 12.8 Å². The molecule has 1 N–H and O–H groups in total. The average molecular weight is 185 g/mol. The molecule has 4 nitrogen and oxygen atoms in total. The van der Waals surface area contributed by atoms with Crippen molar-refractivity contribution < 1.29 is 14.3 Å². The number of ether oxygens (including phenoxy) is 1.